The van der Waals surface area contributed by atoms with Crippen LogP contribution in [0, 0.1) is 0 Å². The first-order valence-corrected chi connectivity index (χ1v) is 4.99. The standard InChI is InChI=1S/C6H11O5P/c1-3-4-12(9,10)11-5(2)6(7)8/h3,5H,1,4H2,2H3,(H,7,8)(H,9,10). The Kier molecular flexibility index (Phi) is 4.17. The molecule has 2 atom stereocenters. The molecule has 0 aliphatic rings. The summed E-state index contributed by atoms with van der Waals surface area (Å²) in [6.07, 6.45) is -0.319. The van der Waals surface area contributed by atoms with Gasteiger partial charge in [0.25, 0.3) is 0 Å². The molecule has 0 aromatic carbocycles. The second kappa shape index (κ2) is 4.40. The van der Waals surface area contributed by atoms with Gasteiger partial charge in [0.1, 0.15) is 0 Å². The van der Waals surface area contributed by atoms with E-state index >= 15 is 0 Å². The van der Waals surface area contributed by atoms with Crippen molar-refractivity contribution in [3.05, 3.63) is 12.7 Å². The Balaban J connectivity index is 4.14. The average Bonchev–Trinajstić information content (AvgIpc) is 1.85. The molecule has 0 saturated carbocycles. The van der Waals surface area contributed by atoms with Crippen molar-refractivity contribution in [1.29, 1.82) is 0 Å². The zero-order chi connectivity index (χ0) is 9.78. The highest BCUT2D eigenvalue weighted by atomic mass is 31.2. The molecule has 0 spiro atoms. The first-order valence-electron chi connectivity index (χ1n) is 3.23. The van der Waals surface area contributed by atoms with Crippen LogP contribution < -0.4 is 0 Å². The smallest absolute Gasteiger partial charge is 0.333 e. The van der Waals surface area contributed by atoms with Crippen LogP contribution in [-0.2, 0) is 13.9 Å². The molecule has 0 bridgehead atoms. The van der Waals surface area contributed by atoms with Gasteiger partial charge in [0.05, 0.1) is 6.16 Å². The van der Waals surface area contributed by atoms with Gasteiger partial charge in [0.15, 0.2) is 6.10 Å². The SMILES string of the molecule is C=CCP(=O)(O)OC(C)C(=O)O. The lowest BCUT2D eigenvalue weighted by molar-refractivity contribution is -0.144. The molecule has 70 valence electrons. The van der Waals surface area contributed by atoms with Crippen molar-refractivity contribution < 1.29 is 23.9 Å². The number of carbonyl (C=O) groups is 1. The zero-order valence-electron chi connectivity index (χ0n) is 6.64. The number of aliphatic carboxylic acids is 1. The normalized spacial score (nSPS) is 17.8. The molecule has 12 heavy (non-hydrogen) atoms. The summed E-state index contributed by atoms with van der Waals surface area (Å²) in [5.41, 5.74) is 0. The highest BCUT2D eigenvalue weighted by Crippen LogP contribution is 2.42. The quantitative estimate of drug-likeness (QED) is 0.500. The topological polar surface area (TPSA) is 83.8 Å². The second-order valence-electron chi connectivity index (χ2n) is 2.19. The van der Waals surface area contributed by atoms with Crippen LogP contribution in [0.5, 0.6) is 0 Å². The van der Waals surface area contributed by atoms with Gasteiger partial charge in [-0.3, -0.25) is 9.09 Å². The largest absolute Gasteiger partial charge is 0.479 e. The molecule has 0 heterocycles. The van der Waals surface area contributed by atoms with Gasteiger partial charge >= 0.3 is 13.6 Å². The predicted molar refractivity (Wildman–Crippen MR) is 43.1 cm³/mol. The summed E-state index contributed by atoms with van der Waals surface area (Å²) in [7, 11) is -3.80. The predicted octanol–water partition coefficient (Wildman–Crippen LogP) is 0.847. The van der Waals surface area contributed by atoms with Gasteiger partial charge in [0.2, 0.25) is 0 Å². The Bertz CT molecular complexity index is 224. The first-order chi connectivity index (χ1) is 5.39. The van der Waals surface area contributed by atoms with Gasteiger partial charge in [0, 0.05) is 0 Å². The fourth-order valence-electron chi connectivity index (χ4n) is 0.498. The molecule has 5 nitrogen and oxygen atoms in total. The van der Waals surface area contributed by atoms with E-state index in [-0.39, 0.29) is 6.16 Å². The van der Waals surface area contributed by atoms with Crippen molar-refractivity contribution in [1.82, 2.24) is 0 Å². The maximum Gasteiger partial charge on any atom is 0.333 e. The molecule has 0 aliphatic carbocycles. The molecular weight excluding hydrogens is 183 g/mol. The van der Waals surface area contributed by atoms with Crippen LogP contribution in [0.1, 0.15) is 6.92 Å². The second-order valence-corrected chi connectivity index (χ2v) is 4.05. The van der Waals surface area contributed by atoms with E-state index in [1.165, 1.54) is 13.0 Å². The molecule has 2 unspecified atom stereocenters. The minimum atomic E-state index is -3.80. The van der Waals surface area contributed by atoms with Gasteiger partial charge in [-0.1, -0.05) is 6.08 Å². The van der Waals surface area contributed by atoms with Crippen LogP contribution in [-0.4, -0.2) is 28.2 Å². The Labute approximate surface area is 70.2 Å². The Morgan fingerprint density at radius 3 is 2.67 bits per heavy atom. The van der Waals surface area contributed by atoms with Gasteiger partial charge in [-0.15, -0.1) is 6.58 Å². The minimum absolute atomic E-state index is 0.245. The average molecular weight is 194 g/mol. The van der Waals surface area contributed by atoms with Crippen molar-refractivity contribution in [3.8, 4) is 0 Å². The first kappa shape index (κ1) is 11.4. The lowest BCUT2D eigenvalue weighted by Crippen LogP contribution is -2.18. The molecule has 0 aromatic rings. The molecular formula is C6H11O5P. The number of hydrogen-bond acceptors (Lipinski definition) is 3. The molecule has 0 fully saturated rings. The van der Waals surface area contributed by atoms with Crippen LogP contribution in [0.25, 0.3) is 0 Å². The molecule has 2 N–H and O–H groups in total. The van der Waals surface area contributed by atoms with E-state index in [0.717, 1.165) is 0 Å². The molecule has 0 amide bonds. The number of allylic oxidation sites excluding steroid dienone is 1. The molecule has 0 rings (SSSR count). The fraction of sp³-hybridized carbons (Fsp3) is 0.500. The number of carboxylic acids is 1. The number of carboxylic acid groups (broad SMARTS) is 1. The van der Waals surface area contributed by atoms with Crippen molar-refractivity contribution in [2.45, 2.75) is 13.0 Å². The van der Waals surface area contributed by atoms with Crippen molar-refractivity contribution in [2.24, 2.45) is 0 Å². The van der Waals surface area contributed by atoms with E-state index in [1.54, 1.807) is 0 Å². The molecule has 0 radical (unpaired) electrons. The summed E-state index contributed by atoms with van der Waals surface area (Å²) in [5, 5.41) is 8.33. The van der Waals surface area contributed by atoms with Gasteiger partial charge in [-0.2, -0.15) is 0 Å². The van der Waals surface area contributed by atoms with Gasteiger partial charge in [-0.25, -0.2) is 4.79 Å². The number of hydrogen-bond donors (Lipinski definition) is 2. The molecule has 0 saturated heterocycles. The van der Waals surface area contributed by atoms with E-state index in [2.05, 4.69) is 11.1 Å². The third-order valence-electron chi connectivity index (χ3n) is 1.03. The van der Waals surface area contributed by atoms with Crippen LogP contribution in [0.3, 0.4) is 0 Å². The van der Waals surface area contributed by atoms with Crippen LogP contribution in [0.2, 0.25) is 0 Å². The molecule has 0 aromatic heterocycles. The van der Waals surface area contributed by atoms with Gasteiger partial charge < -0.3 is 10.00 Å². The minimum Gasteiger partial charge on any atom is -0.479 e. The third-order valence-corrected chi connectivity index (χ3v) is 2.40. The number of rotatable bonds is 5. The van der Waals surface area contributed by atoms with E-state index in [0.29, 0.717) is 0 Å². The Morgan fingerprint density at radius 2 is 2.33 bits per heavy atom. The highest BCUT2D eigenvalue weighted by Gasteiger charge is 2.24. The van der Waals surface area contributed by atoms with E-state index < -0.39 is 19.7 Å². The van der Waals surface area contributed by atoms with Crippen LogP contribution in [0.4, 0.5) is 0 Å². The summed E-state index contributed by atoms with van der Waals surface area (Å²) in [5.74, 6) is -1.27. The maximum absolute atomic E-state index is 10.9. The van der Waals surface area contributed by atoms with Crippen molar-refractivity contribution in [2.75, 3.05) is 6.16 Å². The summed E-state index contributed by atoms with van der Waals surface area (Å²) >= 11 is 0. The lowest BCUT2D eigenvalue weighted by atomic mass is 10.4. The lowest BCUT2D eigenvalue weighted by Gasteiger charge is -2.12. The van der Waals surface area contributed by atoms with E-state index in [4.69, 9.17) is 10.00 Å². The maximum atomic E-state index is 10.9. The fourth-order valence-corrected chi connectivity index (χ4v) is 1.49. The monoisotopic (exact) mass is 194 g/mol. The summed E-state index contributed by atoms with van der Waals surface area (Å²) < 4.78 is 15.3. The Morgan fingerprint density at radius 1 is 1.83 bits per heavy atom. The summed E-state index contributed by atoms with van der Waals surface area (Å²) in [6.45, 7) is 4.43. The molecule has 6 heteroatoms. The van der Waals surface area contributed by atoms with Crippen LogP contribution >= 0.6 is 7.60 Å². The summed E-state index contributed by atoms with van der Waals surface area (Å²) in [6, 6.07) is 0. The van der Waals surface area contributed by atoms with Crippen LogP contribution in [0.15, 0.2) is 12.7 Å². The third kappa shape index (κ3) is 4.28. The highest BCUT2D eigenvalue weighted by molar-refractivity contribution is 7.53. The van der Waals surface area contributed by atoms with E-state index in [1.807, 2.05) is 0 Å². The van der Waals surface area contributed by atoms with E-state index in [9.17, 15) is 9.36 Å². The van der Waals surface area contributed by atoms with Crippen molar-refractivity contribution >= 4 is 13.6 Å². The Hall–Kier alpha value is -0.640. The molecule has 0 aliphatic heterocycles. The van der Waals surface area contributed by atoms with Crippen molar-refractivity contribution in [3.63, 3.8) is 0 Å². The zero-order valence-corrected chi connectivity index (χ0v) is 7.53. The summed E-state index contributed by atoms with van der Waals surface area (Å²) in [4.78, 5) is 19.1. The van der Waals surface area contributed by atoms with Gasteiger partial charge in [-0.05, 0) is 6.92 Å².